The monoisotopic (exact) mass is 640 g/mol. The first-order chi connectivity index (χ1) is 20.6. The molecule has 1 saturated heterocycles. The minimum Gasteiger partial charge on any atom is -0.457 e. The number of aliphatic hydroxyl groups is 3. The number of ether oxygens (including phenoxy) is 4. The quantitative estimate of drug-likeness (QED) is 0.0463. The number of allylic oxidation sites excluding steroid dienone is 2. The van der Waals surface area contributed by atoms with Gasteiger partial charge < -0.3 is 34.3 Å². The predicted octanol–water partition coefficient (Wildman–Crippen LogP) is 4.01. The van der Waals surface area contributed by atoms with Crippen LogP contribution in [0.15, 0.2) is 12.2 Å². The Balaban J connectivity index is 2.48. The molecule has 1 heterocycles. The number of unbranched alkanes of at least 4 members (excludes halogenated alkanes) is 11. The van der Waals surface area contributed by atoms with Gasteiger partial charge in [-0.2, -0.15) is 8.42 Å². The number of carbonyl (C=O) groups is 1. The Bertz CT molecular complexity index is 837. The van der Waals surface area contributed by atoms with E-state index in [9.17, 15) is 28.5 Å². The number of hydrogen-bond donors (Lipinski definition) is 4. The van der Waals surface area contributed by atoms with Gasteiger partial charge in [0.25, 0.3) is 0 Å². The molecule has 1 fully saturated rings. The van der Waals surface area contributed by atoms with E-state index in [1.165, 1.54) is 44.9 Å². The second-order valence-electron chi connectivity index (χ2n) is 11.0. The number of carbonyl (C=O) groups excluding carboxylic acids is 1. The first-order valence-electron chi connectivity index (χ1n) is 15.9. The van der Waals surface area contributed by atoms with Crippen molar-refractivity contribution in [1.82, 2.24) is 0 Å². The lowest BCUT2D eigenvalue weighted by Crippen LogP contribution is -2.60. The molecule has 12 nitrogen and oxygen atoms in total. The molecule has 0 aromatic carbocycles. The lowest BCUT2D eigenvalue weighted by molar-refractivity contribution is -0.301. The summed E-state index contributed by atoms with van der Waals surface area (Å²) in [5, 5.41) is 30.2. The molecule has 0 aromatic heterocycles. The Morgan fingerprint density at radius 2 is 1.47 bits per heavy atom. The van der Waals surface area contributed by atoms with E-state index >= 15 is 0 Å². The molecule has 0 spiro atoms. The molecule has 0 aromatic rings. The van der Waals surface area contributed by atoms with Crippen molar-refractivity contribution < 1.29 is 56.2 Å². The normalized spacial score (nSPS) is 23.5. The van der Waals surface area contributed by atoms with Crippen molar-refractivity contribution >= 4 is 16.4 Å². The van der Waals surface area contributed by atoms with Gasteiger partial charge in [0.15, 0.2) is 6.29 Å². The zero-order valence-corrected chi connectivity index (χ0v) is 26.8. The average molecular weight is 641 g/mol. The Morgan fingerprint density at radius 3 is 2.09 bits per heavy atom. The van der Waals surface area contributed by atoms with Crippen molar-refractivity contribution in [3.05, 3.63) is 12.2 Å². The molecule has 0 bridgehead atoms. The molecular formula is C30H56O12S. The zero-order chi connectivity index (χ0) is 31.9. The van der Waals surface area contributed by atoms with Crippen LogP contribution in [0, 0.1) is 0 Å². The molecule has 43 heavy (non-hydrogen) atoms. The van der Waals surface area contributed by atoms with Crippen molar-refractivity contribution in [3.63, 3.8) is 0 Å². The molecule has 254 valence electrons. The van der Waals surface area contributed by atoms with E-state index in [1.807, 2.05) is 6.92 Å². The molecule has 4 N–H and O–H groups in total. The van der Waals surface area contributed by atoms with E-state index in [1.54, 1.807) is 0 Å². The standard InChI is InChI=1S/C30H56O12S/c1-3-5-7-8-9-10-11-12-13-14-15-16-18-20-38-22-24(40-26(32)19-17-6-4-2)23-39-30-28(34)29(42-43(35,36)37)27(33)25(21-31)41-30/h9-10,24-25,27-31,33-34H,3-8,11-23H2,1-2H3,(H,35,36,37)/b10-9-. The SMILES string of the molecule is CCCCC/C=C\CCCCCCCCOCC(COC1OC(CO)C(O)C(OS(=O)(=O)O)C1O)OC(=O)CCCCC. The number of rotatable bonds is 26. The van der Waals surface area contributed by atoms with Gasteiger partial charge in [0, 0.05) is 13.0 Å². The van der Waals surface area contributed by atoms with Gasteiger partial charge in [0.2, 0.25) is 0 Å². The number of aliphatic hydroxyl groups excluding tert-OH is 3. The summed E-state index contributed by atoms with van der Waals surface area (Å²) >= 11 is 0. The van der Waals surface area contributed by atoms with Gasteiger partial charge in [-0.15, -0.1) is 0 Å². The third kappa shape index (κ3) is 19.1. The summed E-state index contributed by atoms with van der Waals surface area (Å²) in [5.41, 5.74) is 0. The molecule has 0 amide bonds. The zero-order valence-electron chi connectivity index (χ0n) is 26.0. The van der Waals surface area contributed by atoms with Gasteiger partial charge in [-0.25, -0.2) is 4.18 Å². The lowest BCUT2D eigenvalue weighted by atomic mass is 9.99. The average Bonchev–Trinajstić information content (AvgIpc) is 2.96. The first kappa shape index (κ1) is 39.9. The van der Waals surface area contributed by atoms with Gasteiger partial charge in [-0.3, -0.25) is 9.35 Å². The van der Waals surface area contributed by atoms with Gasteiger partial charge in [-0.1, -0.05) is 77.4 Å². The topological polar surface area (TPSA) is 178 Å². The van der Waals surface area contributed by atoms with E-state index in [4.69, 9.17) is 23.5 Å². The van der Waals surface area contributed by atoms with Gasteiger partial charge in [0.05, 0.1) is 19.8 Å². The van der Waals surface area contributed by atoms with Gasteiger partial charge >= 0.3 is 16.4 Å². The Labute approximate surface area is 258 Å². The van der Waals surface area contributed by atoms with E-state index < -0.39 is 59.8 Å². The van der Waals surface area contributed by atoms with Crippen molar-refractivity contribution in [2.45, 2.75) is 147 Å². The molecule has 1 aliphatic heterocycles. The fraction of sp³-hybridized carbons (Fsp3) is 0.900. The highest BCUT2D eigenvalue weighted by atomic mass is 32.3. The summed E-state index contributed by atoms with van der Waals surface area (Å²) in [4.78, 5) is 12.4. The summed E-state index contributed by atoms with van der Waals surface area (Å²) in [5.74, 6) is -0.428. The van der Waals surface area contributed by atoms with Crippen LogP contribution in [-0.2, 0) is 38.3 Å². The predicted molar refractivity (Wildman–Crippen MR) is 161 cm³/mol. The maximum Gasteiger partial charge on any atom is 0.397 e. The summed E-state index contributed by atoms with van der Waals surface area (Å²) < 4.78 is 58.0. The van der Waals surface area contributed by atoms with Crippen LogP contribution in [0.3, 0.4) is 0 Å². The van der Waals surface area contributed by atoms with Gasteiger partial charge in [0.1, 0.15) is 30.5 Å². The van der Waals surface area contributed by atoms with Crippen LogP contribution in [0.2, 0.25) is 0 Å². The maximum atomic E-state index is 12.4. The van der Waals surface area contributed by atoms with E-state index in [0.29, 0.717) is 13.0 Å². The summed E-state index contributed by atoms with van der Waals surface area (Å²) in [6, 6.07) is 0. The van der Waals surface area contributed by atoms with Crippen LogP contribution >= 0.6 is 0 Å². The highest BCUT2D eigenvalue weighted by Crippen LogP contribution is 2.26. The minimum absolute atomic E-state index is 0.0317. The summed E-state index contributed by atoms with van der Waals surface area (Å²) in [6.07, 6.45) is 10.8. The largest absolute Gasteiger partial charge is 0.457 e. The molecule has 0 aliphatic carbocycles. The molecule has 6 atom stereocenters. The molecule has 6 unspecified atom stereocenters. The number of hydrogen-bond acceptors (Lipinski definition) is 11. The highest BCUT2D eigenvalue weighted by Gasteiger charge is 2.48. The number of esters is 1. The van der Waals surface area contributed by atoms with E-state index in [2.05, 4.69) is 23.3 Å². The lowest BCUT2D eigenvalue weighted by Gasteiger charge is -2.41. The molecule has 13 heteroatoms. The first-order valence-corrected chi connectivity index (χ1v) is 17.3. The smallest absolute Gasteiger partial charge is 0.397 e. The van der Waals surface area contributed by atoms with Gasteiger partial charge in [-0.05, 0) is 38.5 Å². The second kappa shape index (κ2) is 24.1. The van der Waals surface area contributed by atoms with Crippen LogP contribution in [-0.4, -0.2) is 97.5 Å². The van der Waals surface area contributed by atoms with Crippen molar-refractivity contribution in [3.8, 4) is 0 Å². The molecule has 1 rings (SSSR count). The maximum absolute atomic E-state index is 12.4. The third-order valence-electron chi connectivity index (χ3n) is 7.14. The minimum atomic E-state index is -5.04. The molecule has 0 radical (unpaired) electrons. The van der Waals surface area contributed by atoms with E-state index in [-0.39, 0.29) is 19.6 Å². The Hall–Kier alpha value is -1.16. The third-order valence-corrected chi connectivity index (χ3v) is 7.60. The summed E-state index contributed by atoms with van der Waals surface area (Å²) in [7, 11) is -5.04. The van der Waals surface area contributed by atoms with Crippen molar-refractivity contribution in [1.29, 1.82) is 0 Å². The van der Waals surface area contributed by atoms with Crippen molar-refractivity contribution in [2.75, 3.05) is 26.4 Å². The van der Waals surface area contributed by atoms with Crippen LogP contribution in [0.1, 0.15) is 110 Å². The Kier molecular flexibility index (Phi) is 22.4. The van der Waals surface area contributed by atoms with Crippen LogP contribution in [0.5, 0.6) is 0 Å². The van der Waals surface area contributed by atoms with Crippen LogP contribution < -0.4 is 0 Å². The molecule has 0 saturated carbocycles. The van der Waals surface area contributed by atoms with E-state index in [0.717, 1.165) is 38.5 Å². The molecule has 1 aliphatic rings. The highest BCUT2D eigenvalue weighted by molar-refractivity contribution is 7.80. The second-order valence-corrected chi connectivity index (χ2v) is 12.1. The fourth-order valence-corrected chi connectivity index (χ4v) is 5.17. The van der Waals surface area contributed by atoms with Crippen molar-refractivity contribution in [2.24, 2.45) is 0 Å². The van der Waals surface area contributed by atoms with Crippen LogP contribution in [0.25, 0.3) is 0 Å². The summed E-state index contributed by atoms with van der Waals surface area (Å²) in [6.45, 7) is 3.72. The molecular weight excluding hydrogens is 584 g/mol. The fourth-order valence-electron chi connectivity index (χ4n) is 4.66. The Morgan fingerprint density at radius 1 is 0.860 bits per heavy atom. The van der Waals surface area contributed by atoms with Crippen LogP contribution in [0.4, 0.5) is 0 Å².